The molecule has 0 aliphatic heterocycles. The van der Waals surface area contributed by atoms with E-state index in [-0.39, 0.29) is 41.4 Å². The Morgan fingerprint density at radius 3 is 2.00 bits per heavy atom. The van der Waals surface area contributed by atoms with Crippen LogP contribution < -0.4 is 29.6 Å². The van der Waals surface area contributed by atoms with Crippen molar-refractivity contribution < 1.29 is 57.5 Å². The molecule has 1 unspecified atom stereocenters. The van der Waals surface area contributed by atoms with Gasteiger partial charge in [-0.25, -0.2) is 8.42 Å². The van der Waals surface area contributed by atoms with E-state index in [1.165, 1.54) is 25.7 Å². The number of unbranched alkanes of at least 4 members (excludes halogenated alkanes) is 9. The molecule has 0 aromatic rings. The van der Waals surface area contributed by atoms with Crippen LogP contribution in [0.2, 0.25) is 0 Å². The molecule has 0 aromatic carbocycles. The summed E-state index contributed by atoms with van der Waals surface area (Å²) >= 11 is 0. The molecular formula is C22H43NaO6S. The van der Waals surface area contributed by atoms with Crippen LogP contribution in [0.25, 0.3) is 0 Å². The Morgan fingerprint density at radius 2 is 1.47 bits per heavy atom. The average molecular weight is 459 g/mol. The Kier molecular flexibility index (Phi) is 29.3. The number of aliphatic hydroxyl groups is 1. The first-order valence-corrected chi connectivity index (χ1v) is 12.8. The topological polar surface area (TPSA) is 115 Å². The Balaban J connectivity index is -0.000000686. The van der Waals surface area contributed by atoms with Crippen LogP contribution in [0.4, 0.5) is 0 Å². The van der Waals surface area contributed by atoms with Crippen LogP contribution in [0, 0.1) is 0 Å². The van der Waals surface area contributed by atoms with Crippen molar-refractivity contribution in [2.24, 2.45) is 0 Å². The van der Waals surface area contributed by atoms with E-state index in [2.05, 4.69) is 19.1 Å². The van der Waals surface area contributed by atoms with E-state index < -0.39 is 16.1 Å². The summed E-state index contributed by atoms with van der Waals surface area (Å²) in [6.45, 7) is 4.04. The van der Waals surface area contributed by atoms with E-state index in [4.69, 9.17) is 5.11 Å². The molecule has 1 atom stereocenters. The number of rotatable bonds is 18. The molecule has 174 valence electrons. The molecule has 8 heteroatoms. The van der Waals surface area contributed by atoms with Crippen molar-refractivity contribution in [2.75, 3.05) is 5.75 Å². The van der Waals surface area contributed by atoms with Gasteiger partial charge >= 0.3 is 35.5 Å². The Morgan fingerprint density at radius 1 is 0.900 bits per heavy atom. The summed E-state index contributed by atoms with van der Waals surface area (Å²) < 4.78 is 29.5. The third kappa shape index (κ3) is 35.5. The Bertz CT molecular complexity index is 494. The number of allylic oxidation sites excluding steroid dienone is 1. The van der Waals surface area contributed by atoms with Crippen LogP contribution in [-0.2, 0) is 14.9 Å². The van der Waals surface area contributed by atoms with Crippen molar-refractivity contribution in [1.82, 2.24) is 0 Å². The van der Waals surface area contributed by atoms with Crippen molar-refractivity contribution in [2.45, 2.75) is 116 Å². The van der Waals surface area contributed by atoms with Crippen LogP contribution in [0.5, 0.6) is 0 Å². The largest absolute Gasteiger partial charge is 1.00 e. The van der Waals surface area contributed by atoms with Gasteiger partial charge in [0, 0.05) is 12.2 Å². The number of aliphatic carboxylic acids is 1. The molecule has 0 radical (unpaired) electrons. The van der Waals surface area contributed by atoms with Gasteiger partial charge in [0.2, 0.25) is 0 Å². The Hall–Kier alpha value is 0.0800. The quantitative estimate of drug-likeness (QED) is 0.141. The zero-order valence-electron chi connectivity index (χ0n) is 19.5. The van der Waals surface area contributed by atoms with Crippen molar-refractivity contribution in [1.29, 1.82) is 0 Å². The summed E-state index contributed by atoms with van der Waals surface area (Å²) in [4.78, 5) is 10.3. The molecule has 0 spiro atoms. The minimum Gasteiger partial charge on any atom is -0.748 e. The van der Waals surface area contributed by atoms with Crippen molar-refractivity contribution in [3.8, 4) is 0 Å². The summed E-state index contributed by atoms with van der Waals surface area (Å²) in [6.07, 6.45) is 18.6. The number of carboxylic acid groups (broad SMARTS) is 1. The maximum atomic E-state index is 10.3. The first-order valence-electron chi connectivity index (χ1n) is 11.2. The second kappa shape index (κ2) is 25.3. The number of hydrogen-bond acceptors (Lipinski definition) is 5. The molecule has 2 N–H and O–H groups in total. The zero-order chi connectivity index (χ0) is 22.4. The van der Waals surface area contributed by atoms with Crippen LogP contribution in [-0.4, -0.2) is 41.0 Å². The average Bonchev–Trinajstić information content (AvgIpc) is 2.64. The molecule has 0 aromatic heterocycles. The third-order valence-corrected chi connectivity index (χ3v) is 5.26. The van der Waals surface area contributed by atoms with E-state index in [1.807, 2.05) is 6.92 Å². The number of hydrogen-bond donors (Lipinski definition) is 2. The predicted octanol–water partition coefficient (Wildman–Crippen LogP) is 2.42. The summed E-state index contributed by atoms with van der Waals surface area (Å²) in [5.74, 6) is -0.907. The van der Waals surface area contributed by atoms with E-state index in [0.717, 1.165) is 57.8 Å². The summed E-state index contributed by atoms with van der Waals surface area (Å²) in [7, 11) is -3.94. The molecular weight excluding hydrogens is 415 g/mol. The van der Waals surface area contributed by atoms with Gasteiger partial charge in [-0.3, -0.25) is 4.79 Å². The minimum atomic E-state index is -3.94. The first-order chi connectivity index (χ1) is 13.7. The Labute approximate surface area is 207 Å². The van der Waals surface area contributed by atoms with Gasteiger partial charge in [-0.1, -0.05) is 77.4 Å². The molecule has 0 saturated carbocycles. The minimum absolute atomic E-state index is 0. The molecule has 0 bridgehead atoms. The number of carboxylic acids is 1. The molecule has 0 amide bonds. The normalized spacial score (nSPS) is 12.1. The summed E-state index contributed by atoms with van der Waals surface area (Å²) in [5.41, 5.74) is 0. The number of carbonyl (C=O) groups is 1. The zero-order valence-corrected chi connectivity index (χ0v) is 22.3. The fraction of sp³-hybridized carbons (Fsp3) is 0.864. The van der Waals surface area contributed by atoms with Gasteiger partial charge in [0.05, 0.1) is 16.2 Å². The molecule has 0 heterocycles. The van der Waals surface area contributed by atoms with Crippen LogP contribution in [0.3, 0.4) is 0 Å². The fourth-order valence-corrected chi connectivity index (χ4v) is 3.33. The SMILES string of the molecule is CCCCCCC(O)C/C=C\CCCCCCCC(=O)O.CCCCS(=O)(=O)[O-].[Na+]. The molecule has 0 aliphatic rings. The van der Waals surface area contributed by atoms with Gasteiger partial charge in [0.15, 0.2) is 0 Å². The molecule has 30 heavy (non-hydrogen) atoms. The second-order valence-corrected chi connectivity index (χ2v) is 9.05. The smallest absolute Gasteiger partial charge is 0.748 e. The van der Waals surface area contributed by atoms with Crippen molar-refractivity contribution in [3.63, 3.8) is 0 Å². The standard InChI is InChI=1S/C18H34O3.C4H10O3S.Na/c1-2-3-4-11-14-17(19)15-12-9-7-5-6-8-10-13-16-18(20)21;1-2-3-4-8(5,6)7;/h9,12,17,19H,2-8,10-11,13-16H2,1H3,(H,20,21);2-4H2,1H3,(H,5,6,7);/q;;+1/p-1/b12-9-;;. The van der Waals surface area contributed by atoms with Gasteiger partial charge < -0.3 is 14.8 Å². The van der Waals surface area contributed by atoms with E-state index in [1.54, 1.807) is 0 Å². The van der Waals surface area contributed by atoms with Crippen molar-refractivity contribution in [3.05, 3.63) is 12.2 Å². The van der Waals surface area contributed by atoms with Gasteiger partial charge in [-0.05, 0) is 38.5 Å². The monoisotopic (exact) mass is 458 g/mol. The predicted molar refractivity (Wildman–Crippen MR) is 118 cm³/mol. The fourth-order valence-electron chi connectivity index (χ4n) is 2.69. The van der Waals surface area contributed by atoms with Gasteiger partial charge in [0.25, 0.3) is 0 Å². The summed E-state index contributed by atoms with van der Waals surface area (Å²) in [5, 5.41) is 18.3. The molecule has 0 saturated heterocycles. The van der Waals surface area contributed by atoms with Gasteiger partial charge in [0.1, 0.15) is 0 Å². The third-order valence-electron chi connectivity index (χ3n) is 4.48. The first kappa shape index (κ1) is 34.7. The van der Waals surface area contributed by atoms with Crippen LogP contribution >= 0.6 is 0 Å². The van der Waals surface area contributed by atoms with E-state index in [9.17, 15) is 22.9 Å². The van der Waals surface area contributed by atoms with Crippen molar-refractivity contribution >= 4 is 16.1 Å². The second-order valence-electron chi connectivity index (χ2n) is 7.53. The number of aliphatic hydroxyl groups excluding tert-OH is 1. The summed E-state index contributed by atoms with van der Waals surface area (Å²) in [6, 6.07) is 0. The maximum absolute atomic E-state index is 10.3. The van der Waals surface area contributed by atoms with Crippen LogP contribution in [0.15, 0.2) is 12.2 Å². The van der Waals surface area contributed by atoms with Gasteiger partial charge in [-0.2, -0.15) is 0 Å². The van der Waals surface area contributed by atoms with E-state index >= 15 is 0 Å². The molecule has 0 fully saturated rings. The van der Waals surface area contributed by atoms with Gasteiger partial charge in [-0.15, -0.1) is 0 Å². The molecule has 0 aliphatic carbocycles. The molecule has 0 rings (SSSR count). The molecule has 6 nitrogen and oxygen atoms in total. The van der Waals surface area contributed by atoms with E-state index in [0.29, 0.717) is 12.8 Å². The van der Waals surface area contributed by atoms with Crippen LogP contribution in [0.1, 0.15) is 110 Å². The maximum Gasteiger partial charge on any atom is 1.00 e.